The average Bonchev–Trinajstić information content (AvgIpc) is 2.88. The fourth-order valence-corrected chi connectivity index (χ4v) is 2.05. The molecular weight excluding hydrogens is 184 g/mol. The van der Waals surface area contributed by atoms with Gasteiger partial charge in [0.05, 0.1) is 21.9 Å². The third-order valence-electron chi connectivity index (χ3n) is 2.87. The van der Waals surface area contributed by atoms with Gasteiger partial charge in [0.25, 0.3) is 0 Å². The number of anilines is 2. The SMILES string of the molecule is Clc1cccc2c1NC1(CC1)CN2. The van der Waals surface area contributed by atoms with E-state index in [2.05, 4.69) is 16.7 Å². The molecule has 1 aliphatic heterocycles. The molecular formula is C10H11ClN2. The molecule has 3 heteroatoms. The zero-order valence-electron chi connectivity index (χ0n) is 7.23. The summed E-state index contributed by atoms with van der Waals surface area (Å²) in [4.78, 5) is 0. The van der Waals surface area contributed by atoms with Crippen LogP contribution in [0.3, 0.4) is 0 Å². The summed E-state index contributed by atoms with van der Waals surface area (Å²) >= 11 is 6.09. The number of hydrogen-bond acceptors (Lipinski definition) is 2. The first-order valence-corrected chi connectivity index (χ1v) is 4.98. The molecule has 0 unspecified atom stereocenters. The minimum Gasteiger partial charge on any atom is -0.381 e. The van der Waals surface area contributed by atoms with Crippen molar-refractivity contribution in [1.29, 1.82) is 0 Å². The number of rotatable bonds is 0. The van der Waals surface area contributed by atoms with E-state index in [1.807, 2.05) is 12.1 Å². The molecule has 1 heterocycles. The molecule has 13 heavy (non-hydrogen) atoms. The van der Waals surface area contributed by atoms with Gasteiger partial charge in [-0.2, -0.15) is 0 Å². The number of hydrogen-bond donors (Lipinski definition) is 2. The van der Waals surface area contributed by atoms with E-state index in [4.69, 9.17) is 11.6 Å². The number of fused-ring (bicyclic) bond motifs is 1. The first kappa shape index (κ1) is 7.51. The van der Waals surface area contributed by atoms with Gasteiger partial charge in [0.1, 0.15) is 0 Å². The van der Waals surface area contributed by atoms with Crippen molar-refractivity contribution in [2.75, 3.05) is 17.2 Å². The normalized spacial score (nSPS) is 21.6. The van der Waals surface area contributed by atoms with Crippen molar-refractivity contribution in [1.82, 2.24) is 0 Å². The lowest BCUT2D eigenvalue weighted by molar-refractivity contribution is 0.755. The number of benzene rings is 1. The van der Waals surface area contributed by atoms with Crippen LogP contribution in [0.1, 0.15) is 12.8 Å². The Morgan fingerprint density at radius 3 is 2.92 bits per heavy atom. The van der Waals surface area contributed by atoms with Crippen molar-refractivity contribution in [2.45, 2.75) is 18.4 Å². The van der Waals surface area contributed by atoms with Crippen molar-refractivity contribution in [2.24, 2.45) is 0 Å². The first-order chi connectivity index (χ1) is 6.29. The molecule has 3 rings (SSSR count). The van der Waals surface area contributed by atoms with Crippen molar-refractivity contribution in [3.05, 3.63) is 23.2 Å². The van der Waals surface area contributed by atoms with E-state index in [1.165, 1.54) is 12.8 Å². The summed E-state index contributed by atoms with van der Waals surface area (Å²) in [6.07, 6.45) is 2.51. The Hall–Kier alpha value is -0.890. The van der Waals surface area contributed by atoms with Crippen LogP contribution in [0.15, 0.2) is 18.2 Å². The van der Waals surface area contributed by atoms with Crippen LogP contribution in [0.4, 0.5) is 11.4 Å². The highest BCUT2D eigenvalue weighted by Crippen LogP contribution is 2.46. The Morgan fingerprint density at radius 2 is 2.15 bits per heavy atom. The molecule has 0 bridgehead atoms. The summed E-state index contributed by atoms with van der Waals surface area (Å²) in [5, 5.41) is 7.75. The minimum absolute atomic E-state index is 0.317. The van der Waals surface area contributed by atoms with Gasteiger partial charge in [-0.05, 0) is 25.0 Å². The Kier molecular flexibility index (Phi) is 1.34. The summed E-state index contributed by atoms with van der Waals surface area (Å²) in [7, 11) is 0. The predicted octanol–water partition coefficient (Wildman–Crippen LogP) is 2.71. The van der Waals surface area contributed by atoms with E-state index in [1.54, 1.807) is 0 Å². The minimum atomic E-state index is 0.317. The molecule has 2 nitrogen and oxygen atoms in total. The molecule has 1 aliphatic carbocycles. The van der Waals surface area contributed by atoms with Crippen molar-refractivity contribution >= 4 is 23.0 Å². The van der Waals surface area contributed by atoms with Crippen LogP contribution in [0.2, 0.25) is 5.02 Å². The van der Waals surface area contributed by atoms with Gasteiger partial charge in [0, 0.05) is 6.54 Å². The van der Waals surface area contributed by atoms with E-state index in [0.717, 1.165) is 22.9 Å². The fraction of sp³-hybridized carbons (Fsp3) is 0.400. The lowest BCUT2D eigenvalue weighted by Crippen LogP contribution is -2.35. The lowest BCUT2D eigenvalue weighted by Gasteiger charge is -2.28. The largest absolute Gasteiger partial charge is 0.381 e. The molecule has 2 aliphatic rings. The number of nitrogens with one attached hydrogen (secondary N) is 2. The van der Waals surface area contributed by atoms with Gasteiger partial charge < -0.3 is 10.6 Å². The molecule has 68 valence electrons. The van der Waals surface area contributed by atoms with Crippen molar-refractivity contribution < 1.29 is 0 Å². The van der Waals surface area contributed by atoms with Crippen molar-refractivity contribution in [3.63, 3.8) is 0 Å². The molecule has 1 saturated carbocycles. The maximum absolute atomic E-state index is 6.09. The predicted molar refractivity (Wildman–Crippen MR) is 55.5 cm³/mol. The van der Waals surface area contributed by atoms with Gasteiger partial charge in [0.2, 0.25) is 0 Å². The molecule has 0 aromatic heterocycles. The second kappa shape index (κ2) is 2.32. The maximum atomic E-state index is 6.09. The van der Waals surface area contributed by atoms with Gasteiger partial charge in [-0.15, -0.1) is 0 Å². The Morgan fingerprint density at radius 1 is 1.31 bits per heavy atom. The van der Waals surface area contributed by atoms with Gasteiger partial charge in [-0.3, -0.25) is 0 Å². The zero-order chi connectivity index (χ0) is 8.89. The summed E-state index contributed by atoms with van der Waals surface area (Å²) in [6, 6.07) is 5.96. The monoisotopic (exact) mass is 194 g/mol. The van der Waals surface area contributed by atoms with E-state index >= 15 is 0 Å². The topological polar surface area (TPSA) is 24.1 Å². The maximum Gasteiger partial charge on any atom is 0.0770 e. The molecule has 1 fully saturated rings. The van der Waals surface area contributed by atoms with Crippen LogP contribution in [0.5, 0.6) is 0 Å². The molecule has 0 radical (unpaired) electrons. The van der Waals surface area contributed by atoms with Crippen molar-refractivity contribution in [3.8, 4) is 0 Å². The highest BCUT2D eigenvalue weighted by molar-refractivity contribution is 6.34. The first-order valence-electron chi connectivity index (χ1n) is 4.60. The summed E-state index contributed by atoms with van der Waals surface area (Å²) in [6.45, 7) is 1.03. The van der Waals surface area contributed by atoms with Crippen LogP contribution < -0.4 is 10.6 Å². The zero-order valence-corrected chi connectivity index (χ0v) is 7.99. The number of halogens is 1. The lowest BCUT2D eigenvalue weighted by atomic mass is 10.1. The quantitative estimate of drug-likeness (QED) is 0.664. The van der Waals surface area contributed by atoms with E-state index in [0.29, 0.717) is 5.54 Å². The smallest absolute Gasteiger partial charge is 0.0770 e. The molecule has 0 amide bonds. The Balaban J connectivity index is 2.06. The summed E-state index contributed by atoms with van der Waals surface area (Å²) in [5.41, 5.74) is 2.52. The van der Waals surface area contributed by atoms with Gasteiger partial charge >= 0.3 is 0 Å². The van der Waals surface area contributed by atoms with Crippen LogP contribution in [-0.2, 0) is 0 Å². The highest BCUT2D eigenvalue weighted by Gasteiger charge is 2.45. The molecule has 1 aromatic carbocycles. The van der Waals surface area contributed by atoms with Gasteiger partial charge in [-0.25, -0.2) is 0 Å². The fourth-order valence-electron chi connectivity index (χ4n) is 1.82. The van der Waals surface area contributed by atoms with E-state index < -0.39 is 0 Å². The standard InChI is InChI=1S/C10H11ClN2/c11-7-2-1-3-8-9(7)13-10(4-5-10)6-12-8/h1-3,12-13H,4-6H2. The average molecular weight is 195 g/mol. The van der Waals surface area contributed by atoms with Gasteiger partial charge in [-0.1, -0.05) is 17.7 Å². The summed E-state index contributed by atoms with van der Waals surface area (Å²) in [5.74, 6) is 0. The van der Waals surface area contributed by atoms with Gasteiger partial charge in [0.15, 0.2) is 0 Å². The Labute approximate surface area is 82.3 Å². The second-order valence-electron chi connectivity index (χ2n) is 3.92. The van der Waals surface area contributed by atoms with Crippen LogP contribution in [0.25, 0.3) is 0 Å². The third kappa shape index (κ3) is 1.09. The van der Waals surface area contributed by atoms with E-state index in [9.17, 15) is 0 Å². The highest BCUT2D eigenvalue weighted by atomic mass is 35.5. The summed E-state index contributed by atoms with van der Waals surface area (Å²) < 4.78 is 0. The molecule has 2 N–H and O–H groups in total. The van der Waals surface area contributed by atoms with Crippen LogP contribution in [0, 0.1) is 0 Å². The van der Waals surface area contributed by atoms with E-state index in [-0.39, 0.29) is 0 Å². The Bertz CT molecular complexity index is 358. The molecule has 1 spiro atoms. The van der Waals surface area contributed by atoms with Crippen LogP contribution >= 0.6 is 11.6 Å². The second-order valence-corrected chi connectivity index (χ2v) is 4.33. The molecule has 1 aromatic rings. The molecule has 0 atom stereocenters. The molecule has 0 saturated heterocycles. The third-order valence-corrected chi connectivity index (χ3v) is 3.19. The van der Waals surface area contributed by atoms with Crippen LogP contribution in [-0.4, -0.2) is 12.1 Å². The number of para-hydroxylation sites is 1.